The van der Waals surface area contributed by atoms with Gasteiger partial charge in [0.1, 0.15) is 5.01 Å². The van der Waals surface area contributed by atoms with Crippen LogP contribution >= 0.6 is 11.3 Å². The Bertz CT molecular complexity index is 596. The van der Waals surface area contributed by atoms with E-state index in [9.17, 15) is 4.79 Å². The first kappa shape index (κ1) is 13.3. The summed E-state index contributed by atoms with van der Waals surface area (Å²) in [6.07, 6.45) is 0.993. The molecule has 20 heavy (non-hydrogen) atoms. The lowest BCUT2D eigenvalue weighted by Gasteiger charge is -2.09. The lowest BCUT2D eigenvalue weighted by atomic mass is 10.1. The van der Waals surface area contributed by atoms with E-state index in [1.54, 1.807) is 30.4 Å². The van der Waals surface area contributed by atoms with Crippen molar-refractivity contribution in [3.05, 3.63) is 40.4 Å². The third kappa shape index (κ3) is 2.59. The summed E-state index contributed by atoms with van der Waals surface area (Å²) in [4.78, 5) is 17.6. The minimum absolute atomic E-state index is 0.276. The average molecular weight is 288 g/mol. The molecule has 1 aromatic heterocycles. The van der Waals surface area contributed by atoms with E-state index in [-0.39, 0.29) is 5.97 Å². The van der Waals surface area contributed by atoms with Crippen LogP contribution < -0.4 is 5.32 Å². The molecule has 1 aliphatic heterocycles. The summed E-state index contributed by atoms with van der Waals surface area (Å²) < 4.78 is 4.98. The van der Waals surface area contributed by atoms with Gasteiger partial charge in [0.05, 0.1) is 17.9 Å². The van der Waals surface area contributed by atoms with Gasteiger partial charge in [0.2, 0.25) is 0 Å². The molecule has 0 spiro atoms. The number of thiazole rings is 1. The molecule has 0 saturated carbocycles. The summed E-state index contributed by atoms with van der Waals surface area (Å²) in [5, 5.41) is 4.38. The van der Waals surface area contributed by atoms with Gasteiger partial charge in [-0.15, -0.1) is 11.3 Å². The molecule has 104 valence electrons. The molecule has 1 aliphatic rings. The Labute approximate surface area is 121 Å². The molecule has 0 saturated heterocycles. The first-order chi connectivity index (χ1) is 9.78. The van der Waals surface area contributed by atoms with Crippen LogP contribution in [0.3, 0.4) is 0 Å². The van der Waals surface area contributed by atoms with Gasteiger partial charge in [-0.05, 0) is 19.1 Å². The Balaban J connectivity index is 1.84. The van der Waals surface area contributed by atoms with Gasteiger partial charge < -0.3 is 10.1 Å². The van der Waals surface area contributed by atoms with Crippen LogP contribution in [0.2, 0.25) is 0 Å². The minimum Gasteiger partial charge on any atom is -0.462 e. The number of rotatable bonds is 3. The number of carbonyl (C=O) groups excluding carboxylic acids is 1. The van der Waals surface area contributed by atoms with Crippen LogP contribution in [0.15, 0.2) is 24.3 Å². The highest BCUT2D eigenvalue weighted by molar-refractivity contribution is 7.15. The summed E-state index contributed by atoms with van der Waals surface area (Å²) in [7, 11) is 0. The Morgan fingerprint density at radius 3 is 2.90 bits per heavy atom. The van der Waals surface area contributed by atoms with Crippen molar-refractivity contribution in [2.45, 2.75) is 19.9 Å². The molecular weight excluding hydrogens is 272 g/mol. The largest absolute Gasteiger partial charge is 0.462 e. The molecule has 0 radical (unpaired) electrons. The average Bonchev–Trinajstić information content (AvgIpc) is 2.91. The topological polar surface area (TPSA) is 51.2 Å². The molecule has 0 unspecified atom stereocenters. The van der Waals surface area contributed by atoms with E-state index in [1.165, 1.54) is 10.6 Å². The summed E-state index contributed by atoms with van der Waals surface area (Å²) in [5.74, 6) is -0.276. The van der Waals surface area contributed by atoms with E-state index in [1.807, 2.05) is 12.1 Å². The van der Waals surface area contributed by atoms with E-state index >= 15 is 0 Å². The van der Waals surface area contributed by atoms with Crippen LogP contribution in [0.1, 0.15) is 27.9 Å². The number of hydrogen-bond donors (Lipinski definition) is 1. The quantitative estimate of drug-likeness (QED) is 0.882. The lowest BCUT2D eigenvalue weighted by Crippen LogP contribution is -2.22. The molecule has 4 nitrogen and oxygen atoms in total. The monoisotopic (exact) mass is 288 g/mol. The molecule has 2 heterocycles. The summed E-state index contributed by atoms with van der Waals surface area (Å²) >= 11 is 1.72. The van der Waals surface area contributed by atoms with Crippen molar-refractivity contribution in [3.63, 3.8) is 0 Å². The molecule has 1 N–H and O–H groups in total. The van der Waals surface area contributed by atoms with Gasteiger partial charge in [0.15, 0.2) is 0 Å². The van der Waals surface area contributed by atoms with E-state index in [2.05, 4.69) is 5.32 Å². The van der Waals surface area contributed by atoms with Crippen LogP contribution in [-0.4, -0.2) is 24.1 Å². The molecule has 0 fully saturated rings. The van der Waals surface area contributed by atoms with Crippen LogP contribution in [0.5, 0.6) is 0 Å². The maximum absolute atomic E-state index is 11.6. The number of fused-ring (bicyclic) bond motifs is 1. The Hall–Kier alpha value is -1.72. The first-order valence-corrected chi connectivity index (χ1v) is 7.56. The summed E-state index contributed by atoms with van der Waals surface area (Å²) in [6.45, 7) is 4.11. The van der Waals surface area contributed by atoms with Gasteiger partial charge in [-0.25, -0.2) is 9.78 Å². The molecule has 3 rings (SSSR count). The van der Waals surface area contributed by atoms with Gasteiger partial charge in [-0.2, -0.15) is 0 Å². The van der Waals surface area contributed by atoms with Gasteiger partial charge in [-0.3, -0.25) is 0 Å². The van der Waals surface area contributed by atoms with Crippen molar-refractivity contribution in [3.8, 4) is 10.6 Å². The van der Waals surface area contributed by atoms with Gasteiger partial charge >= 0.3 is 5.97 Å². The smallest absolute Gasteiger partial charge is 0.338 e. The number of ether oxygens (including phenoxy) is 1. The maximum atomic E-state index is 11.6. The zero-order chi connectivity index (χ0) is 13.9. The SMILES string of the molecule is CCOC(=O)c1ccc(-c2nc3c(s2)CNCC3)cc1. The first-order valence-electron chi connectivity index (χ1n) is 6.75. The number of nitrogens with zero attached hydrogens (tertiary/aromatic N) is 1. The van der Waals surface area contributed by atoms with Crippen LogP contribution in [0.25, 0.3) is 10.6 Å². The molecule has 2 aromatic rings. The second kappa shape index (κ2) is 5.73. The van der Waals surface area contributed by atoms with Gasteiger partial charge in [0.25, 0.3) is 0 Å². The standard InChI is InChI=1S/C15H16N2O2S/c1-2-19-15(18)11-5-3-10(4-6-11)14-17-12-7-8-16-9-13(12)20-14/h3-6,16H,2,7-9H2,1H3. The van der Waals surface area contributed by atoms with Crippen molar-refractivity contribution in [1.82, 2.24) is 10.3 Å². The number of aromatic nitrogens is 1. The van der Waals surface area contributed by atoms with E-state index in [4.69, 9.17) is 9.72 Å². The highest BCUT2D eigenvalue weighted by atomic mass is 32.1. The molecule has 0 aliphatic carbocycles. The Morgan fingerprint density at radius 1 is 1.40 bits per heavy atom. The van der Waals surface area contributed by atoms with Crippen LogP contribution in [-0.2, 0) is 17.7 Å². The second-order valence-electron chi connectivity index (χ2n) is 4.61. The Morgan fingerprint density at radius 2 is 2.20 bits per heavy atom. The van der Waals surface area contributed by atoms with Gasteiger partial charge in [0, 0.05) is 30.0 Å². The number of esters is 1. The summed E-state index contributed by atoms with van der Waals surface area (Å²) in [6, 6.07) is 7.46. The van der Waals surface area contributed by atoms with Crippen LogP contribution in [0, 0.1) is 0 Å². The molecule has 0 bridgehead atoms. The Kier molecular flexibility index (Phi) is 3.80. The van der Waals surface area contributed by atoms with Crippen molar-refractivity contribution in [2.75, 3.05) is 13.2 Å². The predicted molar refractivity (Wildman–Crippen MR) is 78.9 cm³/mol. The molecular formula is C15H16N2O2S. The fraction of sp³-hybridized carbons (Fsp3) is 0.333. The van der Waals surface area contributed by atoms with Crippen LogP contribution in [0.4, 0.5) is 0 Å². The van der Waals surface area contributed by atoms with E-state index < -0.39 is 0 Å². The van der Waals surface area contributed by atoms with Crippen molar-refractivity contribution in [2.24, 2.45) is 0 Å². The second-order valence-corrected chi connectivity index (χ2v) is 5.70. The number of carbonyl (C=O) groups is 1. The maximum Gasteiger partial charge on any atom is 0.338 e. The molecule has 1 aromatic carbocycles. The highest BCUT2D eigenvalue weighted by Crippen LogP contribution is 2.29. The zero-order valence-corrected chi connectivity index (χ0v) is 12.1. The lowest BCUT2D eigenvalue weighted by molar-refractivity contribution is 0.0526. The van der Waals surface area contributed by atoms with E-state index in [0.717, 1.165) is 30.1 Å². The number of benzene rings is 1. The fourth-order valence-corrected chi connectivity index (χ4v) is 3.30. The predicted octanol–water partition coefficient (Wildman–Crippen LogP) is 2.63. The third-order valence-electron chi connectivity index (χ3n) is 3.25. The summed E-state index contributed by atoms with van der Waals surface area (Å²) in [5.41, 5.74) is 2.84. The van der Waals surface area contributed by atoms with Gasteiger partial charge in [-0.1, -0.05) is 12.1 Å². The third-order valence-corrected chi connectivity index (χ3v) is 4.39. The minimum atomic E-state index is -0.276. The van der Waals surface area contributed by atoms with Crippen molar-refractivity contribution in [1.29, 1.82) is 0 Å². The fourth-order valence-electron chi connectivity index (χ4n) is 2.21. The van der Waals surface area contributed by atoms with Crippen molar-refractivity contribution >= 4 is 17.3 Å². The van der Waals surface area contributed by atoms with Crippen molar-refractivity contribution < 1.29 is 9.53 Å². The number of nitrogens with one attached hydrogen (secondary N) is 1. The highest BCUT2D eigenvalue weighted by Gasteiger charge is 2.16. The molecule has 5 heteroatoms. The van der Waals surface area contributed by atoms with E-state index in [0.29, 0.717) is 12.2 Å². The number of hydrogen-bond acceptors (Lipinski definition) is 5. The molecule has 0 atom stereocenters. The zero-order valence-electron chi connectivity index (χ0n) is 11.3. The molecule has 0 amide bonds. The normalized spacial score (nSPS) is 13.8.